The summed E-state index contributed by atoms with van der Waals surface area (Å²) in [6.07, 6.45) is 1.86. The van der Waals surface area contributed by atoms with E-state index >= 15 is 0 Å². The van der Waals surface area contributed by atoms with Crippen molar-refractivity contribution in [2.45, 2.75) is 25.8 Å². The molecule has 1 fully saturated rings. The first-order valence-electron chi connectivity index (χ1n) is 8.56. The van der Waals surface area contributed by atoms with Gasteiger partial charge in [-0.3, -0.25) is 4.79 Å². The Morgan fingerprint density at radius 3 is 2.71 bits per heavy atom. The lowest BCUT2D eigenvalue weighted by atomic mass is 10.1. The van der Waals surface area contributed by atoms with E-state index in [0.29, 0.717) is 6.04 Å². The fraction of sp³-hybridized carbons (Fsp3) is 0.350. The van der Waals surface area contributed by atoms with Gasteiger partial charge in [0.15, 0.2) is 6.61 Å². The SMILES string of the molecule is CCc1ccccc1OCC(=O)N1CCC(Nc2ccccc2)C1. The molecule has 1 aliphatic heterocycles. The highest BCUT2D eigenvalue weighted by Crippen LogP contribution is 2.19. The van der Waals surface area contributed by atoms with Gasteiger partial charge in [-0.2, -0.15) is 0 Å². The van der Waals surface area contributed by atoms with E-state index in [1.54, 1.807) is 0 Å². The molecule has 0 aliphatic carbocycles. The number of nitrogens with zero attached hydrogens (tertiary/aromatic N) is 1. The molecule has 1 unspecified atom stereocenters. The number of nitrogens with one attached hydrogen (secondary N) is 1. The highest BCUT2D eigenvalue weighted by molar-refractivity contribution is 5.78. The summed E-state index contributed by atoms with van der Waals surface area (Å²) in [5, 5.41) is 3.48. The van der Waals surface area contributed by atoms with E-state index in [4.69, 9.17) is 4.74 Å². The Hall–Kier alpha value is -2.49. The van der Waals surface area contributed by atoms with Crippen molar-refractivity contribution in [3.05, 3.63) is 60.2 Å². The Labute approximate surface area is 143 Å². The van der Waals surface area contributed by atoms with Crippen molar-refractivity contribution in [3.63, 3.8) is 0 Å². The van der Waals surface area contributed by atoms with Crippen LogP contribution in [-0.2, 0) is 11.2 Å². The summed E-state index contributed by atoms with van der Waals surface area (Å²) in [5.41, 5.74) is 2.24. The van der Waals surface area contributed by atoms with E-state index in [2.05, 4.69) is 24.4 Å². The number of para-hydroxylation sites is 2. The number of aryl methyl sites for hydroxylation is 1. The number of carbonyl (C=O) groups is 1. The second-order valence-electron chi connectivity index (χ2n) is 6.09. The minimum absolute atomic E-state index is 0.0540. The molecular formula is C20H24N2O2. The van der Waals surface area contributed by atoms with Gasteiger partial charge in [-0.05, 0) is 36.6 Å². The fourth-order valence-electron chi connectivity index (χ4n) is 3.04. The number of rotatable bonds is 6. The molecule has 1 N–H and O–H groups in total. The molecule has 0 spiro atoms. The second-order valence-corrected chi connectivity index (χ2v) is 6.09. The quantitative estimate of drug-likeness (QED) is 0.886. The number of ether oxygens (including phenoxy) is 1. The normalized spacial score (nSPS) is 16.9. The van der Waals surface area contributed by atoms with Gasteiger partial charge < -0.3 is 15.0 Å². The number of hydrogen-bond acceptors (Lipinski definition) is 3. The lowest BCUT2D eigenvalue weighted by molar-refractivity contribution is -0.132. The third-order valence-electron chi connectivity index (χ3n) is 4.39. The van der Waals surface area contributed by atoms with E-state index < -0.39 is 0 Å². The largest absolute Gasteiger partial charge is 0.483 e. The summed E-state index contributed by atoms with van der Waals surface area (Å²) >= 11 is 0. The molecule has 126 valence electrons. The van der Waals surface area contributed by atoms with Gasteiger partial charge in [-0.25, -0.2) is 0 Å². The maximum absolute atomic E-state index is 12.4. The van der Waals surface area contributed by atoms with Crippen molar-refractivity contribution in [2.24, 2.45) is 0 Å². The van der Waals surface area contributed by atoms with E-state index in [0.717, 1.165) is 42.9 Å². The summed E-state index contributed by atoms with van der Waals surface area (Å²) in [6, 6.07) is 18.3. The van der Waals surface area contributed by atoms with Crippen molar-refractivity contribution in [1.82, 2.24) is 4.90 Å². The van der Waals surface area contributed by atoms with Gasteiger partial charge in [0.1, 0.15) is 5.75 Å². The van der Waals surface area contributed by atoms with E-state index in [9.17, 15) is 4.79 Å². The number of benzene rings is 2. The molecule has 1 heterocycles. The van der Waals surface area contributed by atoms with Crippen LogP contribution in [0.25, 0.3) is 0 Å². The van der Waals surface area contributed by atoms with Gasteiger partial charge in [0, 0.05) is 24.8 Å². The first-order chi connectivity index (χ1) is 11.8. The monoisotopic (exact) mass is 324 g/mol. The maximum Gasteiger partial charge on any atom is 0.260 e. The Bertz CT molecular complexity index is 672. The van der Waals surface area contributed by atoms with Crippen LogP contribution in [0.3, 0.4) is 0 Å². The standard InChI is InChI=1S/C20H24N2O2/c1-2-16-8-6-7-11-19(16)24-15-20(23)22-13-12-18(14-22)21-17-9-4-3-5-10-17/h3-11,18,21H,2,12-15H2,1H3. The van der Waals surface area contributed by atoms with Gasteiger partial charge >= 0.3 is 0 Å². The van der Waals surface area contributed by atoms with Crippen LogP contribution in [0.5, 0.6) is 5.75 Å². The lowest BCUT2D eigenvalue weighted by Gasteiger charge is -2.18. The van der Waals surface area contributed by atoms with Gasteiger partial charge in [-0.15, -0.1) is 0 Å². The van der Waals surface area contributed by atoms with Crippen LogP contribution < -0.4 is 10.1 Å². The van der Waals surface area contributed by atoms with Gasteiger partial charge in [-0.1, -0.05) is 43.3 Å². The van der Waals surface area contributed by atoms with E-state index in [-0.39, 0.29) is 12.5 Å². The molecule has 1 atom stereocenters. The van der Waals surface area contributed by atoms with E-state index in [1.807, 2.05) is 47.4 Å². The van der Waals surface area contributed by atoms with Crippen molar-refractivity contribution in [3.8, 4) is 5.75 Å². The zero-order valence-electron chi connectivity index (χ0n) is 14.1. The predicted octanol–water partition coefficient (Wildman–Crippen LogP) is 3.34. The fourth-order valence-corrected chi connectivity index (χ4v) is 3.04. The molecule has 24 heavy (non-hydrogen) atoms. The van der Waals surface area contributed by atoms with Gasteiger partial charge in [0.2, 0.25) is 0 Å². The molecule has 0 saturated carbocycles. The van der Waals surface area contributed by atoms with Crippen molar-refractivity contribution in [1.29, 1.82) is 0 Å². The van der Waals surface area contributed by atoms with Crippen LogP contribution in [-0.4, -0.2) is 36.5 Å². The first kappa shape index (κ1) is 16.4. The van der Waals surface area contributed by atoms with Crippen molar-refractivity contribution in [2.75, 3.05) is 25.0 Å². The Kier molecular flexibility index (Phi) is 5.36. The maximum atomic E-state index is 12.4. The van der Waals surface area contributed by atoms with Crippen LogP contribution in [0.15, 0.2) is 54.6 Å². The molecule has 2 aromatic carbocycles. The molecule has 1 aliphatic rings. The highest BCUT2D eigenvalue weighted by Gasteiger charge is 2.26. The lowest BCUT2D eigenvalue weighted by Crippen LogP contribution is -2.35. The summed E-state index contributed by atoms with van der Waals surface area (Å²) in [5.74, 6) is 0.866. The number of hydrogen-bond donors (Lipinski definition) is 1. The highest BCUT2D eigenvalue weighted by atomic mass is 16.5. The summed E-state index contributed by atoms with van der Waals surface area (Å²) in [4.78, 5) is 14.3. The van der Waals surface area contributed by atoms with Crippen LogP contribution >= 0.6 is 0 Å². The van der Waals surface area contributed by atoms with Gasteiger partial charge in [0.25, 0.3) is 5.91 Å². The molecule has 1 saturated heterocycles. The minimum atomic E-state index is 0.0540. The van der Waals surface area contributed by atoms with Crippen molar-refractivity contribution >= 4 is 11.6 Å². The average molecular weight is 324 g/mol. The Morgan fingerprint density at radius 1 is 1.17 bits per heavy atom. The molecule has 0 bridgehead atoms. The third-order valence-corrected chi connectivity index (χ3v) is 4.39. The van der Waals surface area contributed by atoms with Crippen LogP contribution in [0.2, 0.25) is 0 Å². The first-order valence-corrected chi connectivity index (χ1v) is 8.56. The topological polar surface area (TPSA) is 41.6 Å². The average Bonchev–Trinajstić information content (AvgIpc) is 3.09. The molecule has 2 aromatic rings. The van der Waals surface area contributed by atoms with Gasteiger partial charge in [0.05, 0.1) is 0 Å². The predicted molar refractivity (Wildman–Crippen MR) is 96.4 cm³/mol. The molecular weight excluding hydrogens is 300 g/mol. The molecule has 4 nitrogen and oxygen atoms in total. The molecule has 0 aromatic heterocycles. The number of carbonyl (C=O) groups excluding carboxylic acids is 1. The summed E-state index contributed by atoms with van der Waals surface area (Å²) < 4.78 is 5.74. The zero-order chi connectivity index (χ0) is 16.8. The van der Waals surface area contributed by atoms with Crippen LogP contribution in [0.1, 0.15) is 18.9 Å². The summed E-state index contributed by atoms with van der Waals surface area (Å²) in [7, 11) is 0. The zero-order valence-corrected chi connectivity index (χ0v) is 14.1. The number of likely N-dealkylation sites (tertiary alicyclic amines) is 1. The second kappa shape index (κ2) is 7.86. The number of anilines is 1. The van der Waals surface area contributed by atoms with E-state index in [1.165, 1.54) is 0 Å². The smallest absolute Gasteiger partial charge is 0.260 e. The van der Waals surface area contributed by atoms with Crippen LogP contribution in [0, 0.1) is 0 Å². The third kappa shape index (κ3) is 4.07. The molecule has 1 amide bonds. The Balaban J connectivity index is 1.49. The van der Waals surface area contributed by atoms with Crippen LogP contribution in [0.4, 0.5) is 5.69 Å². The molecule has 4 heteroatoms. The van der Waals surface area contributed by atoms with Crippen molar-refractivity contribution < 1.29 is 9.53 Å². The molecule has 0 radical (unpaired) electrons. The molecule has 3 rings (SSSR count). The summed E-state index contributed by atoms with van der Waals surface area (Å²) in [6.45, 7) is 3.70. The minimum Gasteiger partial charge on any atom is -0.483 e. The Morgan fingerprint density at radius 2 is 1.92 bits per heavy atom. The number of amides is 1.